The largest absolute Gasteiger partial charge is 0.454 e. The first-order chi connectivity index (χ1) is 16.0. The van der Waals surface area contributed by atoms with Crippen LogP contribution in [-0.4, -0.2) is 14.3 Å². The predicted molar refractivity (Wildman–Crippen MR) is 129 cm³/mol. The Balaban J connectivity index is 1.52. The molecule has 3 aromatic rings. The van der Waals surface area contributed by atoms with E-state index >= 15 is 0 Å². The molecule has 0 heterocycles. The van der Waals surface area contributed by atoms with Crippen LogP contribution in [0.25, 0.3) is 0 Å². The highest BCUT2D eigenvalue weighted by molar-refractivity contribution is 7.89. The maximum Gasteiger partial charge on any atom is 0.253 e. The van der Waals surface area contributed by atoms with Gasteiger partial charge in [-0.3, -0.25) is 4.79 Å². The summed E-state index contributed by atoms with van der Waals surface area (Å²) in [4.78, 5) is 12.7. The number of ether oxygens (including phenoxy) is 1. The second-order valence-electron chi connectivity index (χ2n) is 8.45. The number of hydrogen-bond donors (Lipinski definition) is 2. The molecule has 3 N–H and O–H groups in total. The molecule has 0 atom stereocenters. The minimum absolute atomic E-state index is 0.0157. The van der Waals surface area contributed by atoms with Crippen LogP contribution in [0.15, 0.2) is 59.5 Å². The Morgan fingerprint density at radius 3 is 2.41 bits per heavy atom. The molecule has 0 saturated heterocycles. The molecule has 1 saturated carbocycles. The highest BCUT2D eigenvalue weighted by Crippen LogP contribution is 2.49. The van der Waals surface area contributed by atoms with Crippen molar-refractivity contribution in [3.63, 3.8) is 0 Å². The van der Waals surface area contributed by atoms with E-state index in [0.717, 1.165) is 18.4 Å². The number of nitrogens with two attached hydrogens (primary N) is 1. The van der Waals surface area contributed by atoms with Crippen molar-refractivity contribution in [3.8, 4) is 11.5 Å². The van der Waals surface area contributed by atoms with Gasteiger partial charge < -0.3 is 10.1 Å². The van der Waals surface area contributed by atoms with E-state index in [4.69, 9.17) is 33.1 Å². The summed E-state index contributed by atoms with van der Waals surface area (Å²) in [6.45, 7) is 2.17. The predicted octanol–water partition coefficient (Wildman–Crippen LogP) is 5.55. The SMILES string of the molecule is CC1(c2cc(F)cc(Oc3c(Cl)ccc(C(=O)NCc4ccc(S(N)(=O)=O)cc4)c3Cl)c2)CC1. The average molecular weight is 523 g/mol. The first kappa shape index (κ1) is 24.5. The molecule has 0 bridgehead atoms. The summed E-state index contributed by atoms with van der Waals surface area (Å²) in [6.07, 6.45) is 1.94. The maximum atomic E-state index is 14.2. The van der Waals surface area contributed by atoms with E-state index in [-0.39, 0.29) is 44.0 Å². The van der Waals surface area contributed by atoms with Gasteiger partial charge in [-0.2, -0.15) is 0 Å². The van der Waals surface area contributed by atoms with E-state index in [9.17, 15) is 17.6 Å². The first-order valence-electron chi connectivity index (χ1n) is 10.3. The molecule has 0 radical (unpaired) electrons. The van der Waals surface area contributed by atoms with Gasteiger partial charge in [0.2, 0.25) is 10.0 Å². The summed E-state index contributed by atoms with van der Waals surface area (Å²) in [7, 11) is -3.80. The van der Waals surface area contributed by atoms with Crippen molar-refractivity contribution in [1.82, 2.24) is 5.32 Å². The number of carbonyl (C=O) groups excluding carboxylic acids is 1. The normalized spacial score (nSPS) is 14.5. The van der Waals surface area contributed by atoms with E-state index in [1.165, 1.54) is 36.4 Å². The number of rotatable bonds is 7. The lowest BCUT2D eigenvalue weighted by Crippen LogP contribution is -2.23. The van der Waals surface area contributed by atoms with Gasteiger partial charge in [-0.1, -0.05) is 42.3 Å². The number of hydrogen-bond acceptors (Lipinski definition) is 4. The molecular weight excluding hydrogens is 502 g/mol. The fraction of sp³-hybridized carbons (Fsp3) is 0.208. The monoisotopic (exact) mass is 522 g/mol. The summed E-state index contributed by atoms with van der Waals surface area (Å²) >= 11 is 12.7. The van der Waals surface area contributed by atoms with Gasteiger partial charge in [-0.05, 0) is 65.8 Å². The van der Waals surface area contributed by atoms with Crippen LogP contribution in [0.5, 0.6) is 11.5 Å². The quantitative estimate of drug-likeness (QED) is 0.424. The van der Waals surface area contributed by atoms with Gasteiger partial charge in [-0.25, -0.2) is 17.9 Å². The third kappa shape index (κ3) is 5.36. The smallest absolute Gasteiger partial charge is 0.253 e. The lowest BCUT2D eigenvalue weighted by molar-refractivity contribution is 0.0950. The van der Waals surface area contributed by atoms with Crippen LogP contribution in [0, 0.1) is 5.82 Å². The summed E-state index contributed by atoms with van der Waals surface area (Å²) in [6, 6.07) is 13.2. The number of nitrogens with one attached hydrogen (secondary N) is 1. The van der Waals surface area contributed by atoms with Crippen molar-refractivity contribution >= 4 is 39.1 Å². The van der Waals surface area contributed by atoms with Crippen molar-refractivity contribution in [2.45, 2.75) is 36.6 Å². The summed E-state index contributed by atoms with van der Waals surface area (Å²) < 4.78 is 42.8. The van der Waals surface area contributed by atoms with Gasteiger partial charge in [0, 0.05) is 12.6 Å². The summed E-state index contributed by atoms with van der Waals surface area (Å²) in [5.74, 6) is -0.645. The zero-order chi connectivity index (χ0) is 24.7. The van der Waals surface area contributed by atoms with Crippen molar-refractivity contribution in [2.24, 2.45) is 5.14 Å². The number of primary sulfonamides is 1. The Labute approximate surface area is 206 Å². The molecule has 178 valence electrons. The molecular formula is C24H21Cl2FN2O4S. The highest BCUT2D eigenvalue weighted by atomic mass is 35.5. The summed E-state index contributed by atoms with van der Waals surface area (Å²) in [5.41, 5.74) is 1.54. The van der Waals surface area contributed by atoms with Crippen LogP contribution in [-0.2, 0) is 22.0 Å². The first-order valence-corrected chi connectivity index (χ1v) is 12.6. The molecule has 1 aliphatic rings. The molecule has 4 rings (SSSR count). The van der Waals surface area contributed by atoms with Crippen LogP contribution < -0.4 is 15.2 Å². The minimum atomic E-state index is -3.80. The maximum absolute atomic E-state index is 14.2. The van der Waals surface area contributed by atoms with Crippen molar-refractivity contribution in [3.05, 3.63) is 87.2 Å². The molecule has 0 aromatic heterocycles. The van der Waals surface area contributed by atoms with Gasteiger partial charge in [0.05, 0.1) is 20.5 Å². The molecule has 1 fully saturated rings. The highest BCUT2D eigenvalue weighted by Gasteiger charge is 2.39. The Hall–Kier alpha value is -2.65. The number of amides is 1. The van der Waals surface area contributed by atoms with E-state index in [0.29, 0.717) is 5.56 Å². The van der Waals surface area contributed by atoms with Gasteiger partial charge in [0.25, 0.3) is 5.91 Å². The van der Waals surface area contributed by atoms with Crippen LogP contribution in [0.2, 0.25) is 10.0 Å². The molecule has 0 spiro atoms. The summed E-state index contributed by atoms with van der Waals surface area (Å²) in [5, 5.41) is 7.95. The number of halogens is 3. The van der Waals surface area contributed by atoms with Crippen LogP contribution >= 0.6 is 23.2 Å². The van der Waals surface area contributed by atoms with Crippen LogP contribution in [0.4, 0.5) is 4.39 Å². The average Bonchev–Trinajstić information content (AvgIpc) is 3.53. The third-order valence-corrected chi connectivity index (χ3v) is 7.39. The lowest BCUT2D eigenvalue weighted by Gasteiger charge is -2.15. The lowest BCUT2D eigenvalue weighted by atomic mass is 9.98. The topological polar surface area (TPSA) is 98.5 Å². The fourth-order valence-corrected chi connectivity index (χ4v) is 4.49. The zero-order valence-corrected chi connectivity index (χ0v) is 20.4. The van der Waals surface area contributed by atoms with Crippen LogP contribution in [0.3, 0.4) is 0 Å². The van der Waals surface area contributed by atoms with E-state index in [1.54, 1.807) is 18.2 Å². The fourth-order valence-electron chi connectivity index (χ4n) is 3.44. The molecule has 1 amide bonds. The second-order valence-corrected chi connectivity index (χ2v) is 10.8. The second kappa shape index (κ2) is 9.19. The molecule has 0 unspecified atom stereocenters. The molecule has 34 heavy (non-hydrogen) atoms. The van der Waals surface area contributed by atoms with Gasteiger partial charge in [0.15, 0.2) is 5.75 Å². The van der Waals surface area contributed by atoms with Gasteiger partial charge >= 0.3 is 0 Å². The standard InChI is InChI=1S/C24H21Cl2FN2O4S/c1-24(8-9-24)15-10-16(27)12-17(11-15)33-22-20(25)7-6-19(21(22)26)23(30)29-13-14-2-4-18(5-3-14)34(28,31)32/h2-7,10-12H,8-9,13H2,1H3,(H,29,30)(H2,28,31,32). The Bertz CT molecular complexity index is 1370. The Morgan fingerprint density at radius 1 is 1.12 bits per heavy atom. The Morgan fingerprint density at radius 2 is 1.79 bits per heavy atom. The molecule has 3 aromatic carbocycles. The van der Waals surface area contributed by atoms with Crippen molar-refractivity contribution < 1.29 is 22.3 Å². The van der Waals surface area contributed by atoms with Gasteiger partial charge in [0.1, 0.15) is 11.6 Å². The van der Waals surface area contributed by atoms with E-state index < -0.39 is 21.7 Å². The molecule has 6 nitrogen and oxygen atoms in total. The number of carbonyl (C=O) groups is 1. The molecule has 0 aliphatic heterocycles. The third-order valence-electron chi connectivity index (χ3n) is 5.79. The minimum Gasteiger partial charge on any atom is -0.454 e. The van der Waals surface area contributed by atoms with E-state index in [2.05, 4.69) is 12.2 Å². The number of sulfonamides is 1. The van der Waals surface area contributed by atoms with Crippen LogP contribution in [0.1, 0.15) is 41.3 Å². The van der Waals surface area contributed by atoms with Crippen molar-refractivity contribution in [2.75, 3.05) is 0 Å². The molecule has 10 heteroatoms. The molecule has 1 aliphatic carbocycles. The van der Waals surface area contributed by atoms with Gasteiger partial charge in [-0.15, -0.1) is 0 Å². The Kier molecular flexibility index (Phi) is 6.61. The number of benzene rings is 3. The van der Waals surface area contributed by atoms with E-state index in [1.807, 2.05) is 0 Å². The zero-order valence-electron chi connectivity index (χ0n) is 18.1. The van der Waals surface area contributed by atoms with Crippen molar-refractivity contribution in [1.29, 1.82) is 0 Å².